The van der Waals surface area contributed by atoms with Crippen LogP contribution < -0.4 is 19.5 Å². The minimum atomic E-state index is 0.101. The molecule has 4 rings (SSSR count). The van der Waals surface area contributed by atoms with E-state index in [2.05, 4.69) is 41.7 Å². The van der Waals surface area contributed by atoms with Gasteiger partial charge in [0.25, 0.3) is 0 Å². The summed E-state index contributed by atoms with van der Waals surface area (Å²) in [6.07, 6.45) is 0.965. The van der Waals surface area contributed by atoms with Gasteiger partial charge in [0.15, 0.2) is 11.5 Å². The first-order chi connectivity index (χ1) is 14.3. The van der Waals surface area contributed by atoms with Gasteiger partial charge >= 0.3 is 0 Å². The molecule has 0 aromatic heterocycles. The third kappa shape index (κ3) is 4.38. The van der Waals surface area contributed by atoms with Crippen molar-refractivity contribution in [3.63, 3.8) is 0 Å². The Morgan fingerprint density at radius 1 is 0.931 bits per heavy atom. The standard InChI is InChI=1S/C25H27NO3/c1-3-28-21-11-7-10-20(14-21)25-22-16-24(29-17-18-8-5-4-6-9-18)23(27-2)15-19(22)12-13-26-25/h4-11,14-16,25-26H,3,12-13,17H2,1-2H3. The second-order valence-corrected chi connectivity index (χ2v) is 7.12. The zero-order chi connectivity index (χ0) is 20.1. The highest BCUT2D eigenvalue weighted by molar-refractivity contribution is 5.52. The number of methoxy groups -OCH3 is 1. The maximum atomic E-state index is 6.15. The molecular formula is C25H27NO3. The molecular weight excluding hydrogens is 362 g/mol. The van der Waals surface area contributed by atoms with Crippen molar-refractivity contribution in [1.82, 2.24) is 5.32 Å². The van der Waals surface area contributed by atoms with E-state index in [-0.39, 0.29) is 6.04 Å². The molecule has 0 saturated heterocycles. The number of nitrogens with one attached hydrogen (secondary N) is 1. The molecule has 3 aromatic carbocycles. The molecule has 1 unspecified atom stereocenters. The summed E-state index contributed by atoms with van der Waals surface area (Å²) in [5.41, 5.74) is 4.84. The molecule has 1 heterocycles. The minimum Gasteiger partial charge on any atom is -0.494 e. The lowest BCUT2D eigenvalue weighted by atomic mass is 9.89. The van der Waals surface area contributed by atoms with Crippen LogP contribution in [-0.4, -0.2) is 20.3 Å². The zero-order valence-corrected chi connectivity index (χ0v) is 17.0. The lowest BCUT2D eigenvalue weighted by Gasteiger charge is -2.29. The lowest BCUT2D eigenvalue weighted by Crippen LogP contribution is -2.30. The Balaban J connectivity index is 1.66. The third-order valence-electron chi connectivity index (χ3n) is 5.22. The first-order valence-corrected chi connectivity index (χ1v) is 10.1. The van der Waals surface area contributed by atoms with Gasteiger partial charge in [0.05, 0.1) is 19.8 Å². The highest BCUT2D eigenvalue weighted by Crippen LogP contribution is 2.38. The van der Waals surface area contributed by atoms with Crippen molar-refractivity contribution in [1.29, 1.82) is 0 Å². The van der Waals surface area contributed by atoms with Crippen LogP contribution in [0.4, 0.5) is 0 Å². The van der Waals surface area contributed by atoms with Gasteiger partial charge in [0, 0.05) is 6.54 Å². The van der Waals surface area contributed by atoms with Crippen molar-refractivity contribution in [3.8, 4) is 17.2 Å². The first-order valence-electron chi connectivity index (χ1n) is 10.1. The number of hydrogen-bond donors (Lipinski definition) is 1. The normalized spacial score (nSPS) is 15.4. The summed E-state index contributed by atoms with van der Waals surface area (Å²) in [7, 11) is 1.70. The van der Waals surface area contributed by atoms with E-state index in [1.165, 1.54) is 16.7 Å². The Morgan fingerprint density at radius 3 is 2.59 bits per heavy atom. The second kappa shape index (κ2) is 9.01. The van der Waals surface area contributed by atoms with Gasteiger partial charge < -0.3 is 19.5 Å². The van der Waals surface area contributed by atoms with Crippen LogP contribution in [0.1, 0.15) is 35.2 Å². The van der Waals surface area contributed by atoms with Gasteiger partial charge in [-0.25, -0.2) is 0 Å². The molecule has 0 amide bonds. The van der Waals surface area contributed by atoms with E-state index in [0.29, 0.717) is 13.2 Å². The van der Waals surface area contributed by atoms with Crippen molar-refractivity contribution < 1.29 is 14.2 Å². The average molecular weight is 389 g/mol. The third-order valence-corrected chi connectivity index (χ3v) is 5.22. The molecule has 1 N–H and O–H groups in total. The van der Waals surface area contributed by atoms with Gasteiger partial charge in [-0.3, -0.25) is 0 Å². The maximum absolute atomic E-state index is 6.15. The van der Waals surface area contributed by atoms with Crippen LogP contribution in [0.15, 0.2) is 66.7 Å². The summed E-state index contributed by atoms with van der Waals surface area (Å²) in [6, 6.07) is 22.8. The molecule has 3 aromatic rings. The first kappa shape index (κ1) is 19.3. The number of benzene rings is 3. The second-order valence-electron chi connectivity index (χ2n) is 7.12. The van der Waals surface area contributed by atoms with Crippen LogP contribution in [0.25, 0.3) is 0 Å². The Morgan fingerprint density at radius 2 is 1.79 bits per heavy atom. The number of hydrogen-bond acceptors (Lipinski definition) is 4. The monoisotopic (exact) mass is 389 g/mol. The highest BCUT2D eigenvalue weighted by atomic mass is 16.5. The number of fused-ring (bicyclic) bond motifs is 1. The molecule has 0 spiro atoms. The molecule has 0 radical (unpaired) electrons. The molecule has 29 heavy (non-hydrogen) atoms. The smallest absolute Gasteiger partial charge is 0.162 e. The maximum Gasteiger partial charge on any atom is 0.162 e. The van der Waals surface area contributed by atoms with Crippen molar-refractivity contribution in [2.24, 2.45) is 0 Å². The summed E-state index contributed by atoms with van der Waals surface area (Å²) in [5, 5.41) is 3.65. The van der Waals surface area contributed by atoms with Crippen molar-refractivity contribution in [2.75, 3.05) is 20.3 Å². The van der Waals surface area contributed by atoms with Gasteiger partial charge in [0.2, 0.25) is 0 Å². The molecule has 150 valence electrons. The summed E-state index contributed by atoms with van der Waals surface area (Å²) >= 11 is 0. The summed E-state index contributed by atoms with van der Waals surface area (Å²) < 4.78 is 17.5. The van der Waals surface area contributed by atoms with E-state index in [4.69, 9.17) is 14.2 Å². The molecule has 4 nitrogen and oxygen atoms in total. The van der Waals surface area contributed by atoms with Crippen LogP contribution >= 0.6 is 0 Å². The molecule has 0 fully saturated rings. The largest absolute Gasteiger partial charge is 0.494 e. The number of rotatable bonds is 7. The van der Waals surface area contributed by atoms with E-state index in [9.17, 15) is 0 Å². The van der Waals surface area contributed by atoms with Gasteiger partial charge in [-0.2, -0.15) is 0 Å². The van der Waals surface area contributed by atoms with E-state index >= 15 is 0 Å². The van der Waals surface area contributed by atoms with Crippen molar-refractivity contribution in [2.45, 2.75) is 26.0 Å². The van der Waals surface area contributed by atoms with Crippen LogP contribution in [0.2, 0.25) is 0 Å². The summed E-state index contributed by atoms with van der Waals surface area (Å²) in [4.78, 5) is 0. The fourth-order valence-corrected chi connectivity index (χ4v) is 3.82. The van der Waals surface area contributed by atoms with Gasteiger partial charge in [-0.05, 0) is 59.9 Å². The van der Waals surface area contributed by atoms with E-state index < -0.39 is 0 Å². The van der Waals surface area contributed by atoms with Crippen LogP contribution in [-0.2, 0) is 13.0 Å². The van der Waals surface area contributed by atoms with E-state index in [0.717, 1.165) is 35.8 Å². The highest BCUT2D eigenvalue weighted by Gasteiger charge is 2.24. The van der Waals surface area contributed by atoms with Gasteiger partial charge in [-0.1, -0.05) is 42.5 Å². The quantitative estimate of drug-likeness (QED) is 0.623. The molecule has 1 aliphatic rings. The molecule has 1 atom stereocenters. The Hall–Kier alpha value is -2.98. The fourth-order valence-electron chi connectivity index (χ4n) is 3.82. The fraction of sp³-hybridized carbons (Fsp3) is 0.280. The van der Waals surface area contributed by atoms with E-state index in [1.54, 1.807) is 7.11 Å². The summed E-state index contributed by atoms with van der Waals surface area (Å²) in [5.74, 6) is 2.45. The van der Waals surface area contributed by atoms with Crippen LogP contribution in [0.3, 0.4) is 0 Å². The SMILES string of the molecule is CCOc1cccc(C2NCCc3cc(OC)c(OCc4ccccc4)cc32)c1. The van der Waals surface area contributed by atoms with Crippen LogP contribution in [0.5, 0.6) is 17.2 Å². The topological polar surface area (TPSA) is 39.7 Å². The Labute approximate surface area is 172 Å². The molecule has 1 aliphatic heterocycles. The Kier molecular flexibility index (Phi) is 6.01. The Bertz CT molecular complexity index is 956. The van der Waals surface area contributed by atoms with Crippen LogP contribution in [0, 0.1) is 0 Å². The van der Waals surface area contributed by atoms with Gasteiger partial charge in [0.1, 0.15) is 12.4 Å². The predicted octanol–water partition coefficient (Wildman–Crippen LogP) is 4.91. The van der Waals surface area contributed by atoms with Crippen molar-refractivity contribution in [3.05, 3.63) is 89.0 Å². The molecule has 0 bridgehead atoms. The molecule has 0 saturated carbocycles. The predicted molar refractivity (Wildman–Crippen MR) is 115 cm³/mol. The van der Waals surface area contributed by atoms with E-state index in [1.807, 2.05) is 37.3 Å². The molecule has 4 heteroatoms. The van der Waals surface area contributed by atoms with Gasteiger partial charge in [-0.15, -0.1) is 0 Å². The molecule has 0 aliphatic carbocycles. The number of ether oxygens (including phenoxy) is 3. The lowest BCUT2D eigenvalue weighted by molar-refractivity contribution is 0.283. The van der Waals surface area contributed by atoms with Crippen molar-refractivity contribution >= 4 is 0 Å². The average Bonchev–Trinajstić information content (AvgIpc) is 2.77. The summed E-state index contributed by atoms with van der Waals surface area (Å²) in [6.45, 7) is 4.09. The zero-order valence-electron chi connectivity index (χ0n) is 17.0. The minimum absolute atomic E-state index is 0.101.